The van der Waals surface area contributed by atoms with Gasteiger partial charge in [-0.3, -0.25) is 14.9 Å². The topological polar surface area (TPSA) is 78.7 Å². The van der Waals surface area contributed by atoms with Gasteiger partial charge in [0.2, 0.25) is 0 Å². The van der Waals surface area contributed by atoms with Crippen molar-refractivity contribution in [3.8, 4) is 11.5 Å². The summed E-state index contributed by atoms with van der Waals surface area (Å²) < 4.78 is 11.3. The second-order valence-electron chi connectivity index (χ2n) is 6.39. The highest BCUT2D eigenvalue weighted by Gasteiger charge is 2.17. The van der Waals surface area contributed by atoms with Crippen molar-refractivity contribution in [3.05, 3.63) is 104 Å². The summed E-state index contributed by atoms with van der Waals surface area (Å²) in [5.41, 5.74) is 1.13. The van der Waals surface area contributed by atoms with Crippen LogP contribution >= 0.6 is 23.2 Å². The van der Waals surface area contributed by atoms with Crippen LogP contribution < -0.4 is 9.47 Å². The fraction of sp³-hybridized carbons (Fsp3) is 0.0870. The van der Waals surface area contributed by atoms with Gasteiger partial charge in [-0.05, 0) is 42.0 Å². The molecule has 0 fully saturated rings. The van der Waals surface area contributed by atoms with E-state index >= 15 is 0 Å². The molecule has 3 aromatic rings. The SMILES string of the molecule is COc1cccc(/C=C/C(=O)c2ccccc2[N+](=O)[O-])c1OCc1ccc(Cl)c(Cl)c1. The van der Waals surface area contributed by atoms with Crippen LogP contribution in [-0.2, 0) is 6.61 Å². The molecule has 0 saturated heterocycles. The summed E-state index contributed by atoms with van der Waals surface area (Å²) in [4.78, 5) is 23.2. The lowest BCUT2D eigenvalue weighted by molar-refractivity contribution is -0.385. The Morgan fingerprint density at radius 2 is 1.84 bits per heavy atom. The number of hydrogen-bond donors (Lipinski definition) is 0. The molecule has 31 heavy (non-hydrogen) atoms. The minimum Gasteiger partial charge on any atom is -0.493 e. The molecular formula is C23H17Cl2NO5. The van der Waals surface area contributed by atoms with Crippen molar-refractivity contribution in [2.24, 2.45) is 0 Å². The molecule has 0 amide bonds. The maximum Gasteiger partial charge on any atom is 0.280 e. The number of rotatable bonds is 8. The molecule has 0 saturated carbocycles. The molecule has 3 aromatic carbocycles. The lowest BCUT2D eigenvalue weighted by Gasteiger charge is -2.14. The maximum atomic E-state index is 12.6. The third-order valence-corrected chi connectivity index (χ3v) is 5.12. The summed E-state index contributed by atoms with van der Waals surface area (Å²) in [6, 6.07) is 16.2. The van der Waals surface area contributed by atoms with Crippen molar-refractivity contribution in [1.29, 1.82) is 0 Å². The fourth-order valence-electron chi connectivity index (χ4n) is 2.86. The van der Waals surface area contributed by atoms with E-state index in [1.165, 1.54) is 37.5 Å². The van der Waals surface area contributed by atoms with Gasteiger partial charge in [0.1, 0.15) is 6.61 Å². The number of ether oxygens (including phenoxy) is 2. The first kappa shape index (κ1) is 22.3. The monoisotopic (exact) mass is 457 g/mol. The number of carbonyl (C=O) groups is 1. The summed E-state index contributed by atoms with van der Waals surface area (Å²) in [5.74, 6) is 0.397. The third-order valence-electron chi connectivity index (χ3n) is 4.38. The average molecular weight is 458 g/mol. The standard InChI is InChI=1S/C23H17Cl2NO5/c1-30-22-8-4-5-16(23(22)31-14-15-9-11-18(24)19(25)13-15)10-12-21(27)17-6-2-3-7-20(17)26(28)29/h2-13H,14H2,1H3/b12-10+. The Morgan fingerprint density at radius 3 is 2.55 bits per heavy atom. The number of halogens is 2. The van der Waals surface area contributed by atoms with Crippen LogP contribution in [0.1, 0.15) is 21.5 Å². The van der Waals surface area contributed by atoms with Gasteiger partial charge in [0.15, 0.2) is 17.3 Å². The predicted molar refractivity (Wildman–Crippen MR) is 120 cm³/mol. The first-order valence-electron chi connectivity index (χ1n) is 9.10. The molecule has 0 aromatic heterocycles. The van der Waals surface area contributed by atoms with Crippen LogP contribution in [0.3, 0.4) is 0 Å². The molecule has 0 N–H and O–H groups in total. The quantitative estimate of drug-likeness (QED) is 0.169. The average Bonchev–Trinajstić information content (AvgIpc) is 2.78. The lowest BCUT2D eigenvalue weighted by atomic mass is 10.1. The van der Waals surface area contributed by atoms with Crippen LogP contribution in [0, 0.1) is 10.1 Å². The predicted octanol–water partition coefficient (Wildman–Crippen LogP) is 6.39. The van der Waals surface area contributed by atoms with Crippen LogP contribution in [0.5, 0.6) is 11.5 Å². The van der Waals surface area contributed by atoms with Gasteiger partial charge < -0.3 is 9.47 Å². The summed E-state index contributed by atoms with van der Waals surface area (Å²) in [7, 11) is 1.51. The Kier molecular flexibility index (Phi) is 7.28. The van der Waals surface area contributed by atoms with E-state index in [0.717, 1.165) is 5.56 Å². The number of nitro groups is 1. The smallest absolute Gasteiger partial charge is 0.280 e. The molecule has 0 unspecified atom stereocenters. The van der Waals surface area contributed by atoms with Crippen LogP contribution in [0.15, 0.2) is 66.7 Å². The van der Waals surface area contributed by atoms with Crippen molar-refractivity contribution in [2.75, 3.05) is 7.11 Å². The molecule has 0 bridgehead atoms. The van der Waals surface area contributed by atoms with Crippen molar-refractivity contribution < 1.29 is 19.2 Å². The number of methoxy groups -OCH3 is 1. The van der Waals surface area contributed by atoms with E-state index in [0.29, 0.717) is 27.1 Å². The summed E-state index contributed by atoms with van der Waals surface area (Å²) in [6.45, 7) is 0.191. The summed E-state index contributed by atoms with van der Waals surface area (Å²) >= 11 is 12.0. The number of allylic oxidation sites excluding steroid dienone is 1. The molecule has 0 spiro atoms. The van der Waals surface area contributed by atoms with Gasteiger partial charge in [-0.25, -0.2) is 0 Å². The van der Waals surface area contributed by atoms with E-state index in [1.807, 2.05) is 0 Å². The van der Waals surface area contributed by atoms with Gasteiger partial charge in [-0.15, -0.1) is 0 Å². The van der Waals surface area contributed by atoms with Crippen molar-refractivity contribution in [2.45, 2.75) is 6.61 Å². The molecule has 0 atom stereocenters. The number of ketones is 1. The first-order valence-corrected chi connectivity index (χ1v) is 9.86. The molecule has 158 valence electrons. The zero-order chi connectivity index (χ0) is 22.4. The minimum atomic E-state index is -0.585. The second kappa shape index (κ2) is 10.1. The molecular weight excluding hydrogens is 441 g/mol. The normalized spacial score (nSPS) is 10.8. The highest BCUT2D eigenvalue weighted by atomic mass is 35.5. The van der Waals surface area contributed by atoms with Gasteiger partial charge in [-0.2, -0.15) is 0 Å². The number of nitro benzene ring substituents is 1. The highest BCUT2D eigenvalue weighted by Crippen LogP contribution is 2.33. The summed E-state index contributed by atoms with van der Waals surface area (Å²) in [6.07, 6.45) is 2.80. The molecule has 3 rings (SSSR count). The number of nitrogens with zero attached hydrogens (tertiary/aromatic N) is 1. The zero-order valence-corrected chi connectivity index (χ0v) is 17.9. The third kappa shape index (κ3) is 5.42. The summed E-state index contributed by atoms with van der Waals surface area (Å²) in [5, 5.41) is 12.0. The number of para-hydroxylation sites is 2. The van der Waals surface area contributed by atoms with Crippen molar-refractivity contribution in [3.63, 3.8) is 0 Å². The van der Waals surface area contributed by atoms with E-state index in [1.54, 1.807) is 42.5 Å². The molecule has 0 radical (unpaired) electrons. The highest BCUT2D eigenvalue weighted by molar-refractivity contribution is 6.42. The molecule has 6 nitrogen and oxygen atoms in total. The Balaban J connectivity index is 1.87. The van der Waals surface area contributed by atoms with Gasteiger partial charge in [-0.1, -0.05) is 53.5 Å². The second-order valence-corrected chi connectivity index (χ2v) is 7.20. The Labute approximate surface area is 188 Å². The number of benzene rings is 3. The van der Waals surface area contributed by atoms with E-state index in [4.69, 9.17) is 32.7 Å². The largest absolute Gasteiger partial charge is 0.493 e. The van der Waals surface area contributed by atoms with Gasteiger partial charge in [0.05, 0.1) is 27.6 Å². The van der Waals surface area contributed by atoms with Gasteiger partial charge in [0.25, 0.3) is 5.69 Å². The Morgan fingerprint density at radius 1 is 1.06 bits per heavy atom. The Hall–Kier alpha value is -3.35. The van der Waals surface area contributed by atoms with Crippen LogP contribution in [0.4, 0.5) is 5.69 Å². The number of hydrogen-bond acceptors (Lipinski definition) is 5. The molecule has 8 heteroatoms. The van der Waals surface area contributed by atoms with E-state index in [-0.39, 0.29) is 17.9 Å². The molecule has 0 aliphatic carbocycles. The maximum absolute atomic E-state index is 12.6. The van der Waals surface area contributed by atoms with E-state index in [2.05, 4.69) is 0 Å². The van der Waals surface area contributed by atoms with Crippen molar-refractivity contribution in [1.82, 2.24) is 0 Å². The zero-order valence-electron chi connectivity index (χ0n) is 16.4. The van der Waals surface area contributed by atoms with Crippen LogP contribution in [0.2, 0.25) is 10.0 Å². The number of carbonyl (C=O) groups excluding carboxylic acids is 1. The fourth-order valence-corrected chi connectivity index (χ4v) is 3.18. The molecule has 0 aliphatic heterocycles. The first-order chi connectivity index (χ1) is 14.9. The van der Waals surface area contributed by atoms with Crippen LogP contribution in [-0.4, -0.2) is 17.8 Å². The van der Waals surface area contributed by atoms with Gasteiger partial charge >= 0.3 is 0 Å². The Bertz CT molecular complexity index is 1160. The van der Waals surface area contributed by atoms with Crippen molar-refractivity contribution >= 4 is 40.7 Å². The minimum absolute atomic E-state index is 0.00456. The van der Waals surface area contributed by atoms with Gasteiger partial charge in [0, 0.05) is 11.6 Å². The lowest BCUT2D eigenvalue weighted by Crippen LogP contribution is -2.01. The van der Waals surface area contributed by atoms with E-state index in [9.17, 15) is 14.9 Å². The molecule has 0 aliphatic rings. The van der Waals surface area contributed by atoms with E-state index < -0.39 is 10.7 Å². The van der Waals surface area contributed by atoms with Crippen LogP contribution in [0.25, 0.3) is 6.08 Å². The molecule has 0 heterocycles.